The van der Waals surface area contributed by atoms with Gasteiger partial charge in [0, 0.05) is 13.5 Å². The van der Waals surface area contributed by atoms with Crippen molar-refractivity contribution in [3.05, 3.63) is 0 Å². The average molecular weight is 120 g/mol. The minimum Gasteiger partial charge on any atom is -0.353 e. The molecule has 0 fully saturated rings. The molecule has 0 aliphatic carbocycles. The summed E-state index contributed by atoms with van der Waals surface area (Å²) in [5.74, 6) is 0. The Kier molecular flexibility index (Phi) is 4.95. The van der Waals surface area contributed by atoms with E-state index in [0.717, 1.165) is 12.8 Å². The van der Waals surface area contributed by atoms with Gasteiger partial charge in [-0.15, -0.1) is 0 Å². The molecule has 1 atom stereocenters. The molecule has 0 aromatic carbocycles. The molecule has 0 aromatic heterocycles. The van der Waals surface area contributed by atoms with Gasteiger partial charge in [0.05, 0.1) is 0 Å². The number of rotatable bonds is 4. The second-order valence-corrected chi connectivity index (χ2v) is 1.56. The Morgan fingerprint density at radius 2 is 2.25 bits per heavy atom. The highest BCUT2D eigenvalue weighted by Gasteiger charge is 2.02. The van der Waals surface area contributed by atoms with Crippen molar-refractivity contribution in [2.75, 3.05) is 7.11 Å². The second-order valence-electron chi connectivity index (χ2n) is 1.56. The molecule has 0 radical (unpaired) electrons. The molecule has 0 heterocycles. The lowest BCUT2D eigenvalue weighted by Gasteiger charge is -2.07. The minimum absolute atomic E-state index is 0.444. The lowest BCUT2D eigenvalue weighted by Crippen LogP contribution is -2.11. The molecule has 0 saturated carbocycles. The molecule has 0 bridgehead atoms. The largest absolute Gasteiger partial charge is 0.353 e. The van der Waals surface area contributed by atoms with E-state index in [1.54, 1.807) is 0 Å². The zero-order valence-corrected chi connectivity index (χ0v) is 5.26. The Morgan fingerprint density at radius 3 is 2.38 bits per heavy atom. The van der Waals surface area contributed by atoms with Crippen LogP contribution in [0.5, 0.6) is 0 Å². The van der Waals surface area contributed by atoms with Crippen molar-refractivity contribution in [3.8, 4) is 0 Å². The van der Waals surface area contributed by atoms with Crippen LogP contribution in [0.15, 0.2) is 0 Å². The van der Waals surface area contributed by atoms with Crippen molar-refractivity contribution >= 4 is 0 Å². The maximum absolute atomic E-state index is 8.03. The number of hydrogen-bond donors (Lipinski definition) is 1. The molecule has 0 amide bonds. The fourth-order valence-electron chi connectivity index (χ4n) is 0.449. The van der Waals surface area contributed by atoms with Crippen LogP contribution in [-0.4, -0.2) is 18.7 Å². The fourth-order valence-corrected chi connectivity index (χ4v) is 0.449. The summed E-state index contributed by atoms with van der Waals surface area (Å²) < 4.78 is 4.67. The van der Waals surface area contributed by atoms with Crippen molar-refractivity contribution in [3.63, 3.8) is 0 Å². The van der Waals surface area contributed by atoms with E-state index in [1.165, 1.54) is 7.11 Å². The average Bonchev–Trinajstić information content (AvgIpc) is 1.83. The van der Waals surface area contributed by atoms with Crippen molar-refractivity contribution in [1.82, 2.24) is 0 Å². The Bertz CT molecular complexity index is 42.9. The van der Waals surface area contributed by atoms with E-state index in [4.69, 9.17) is 5.26 Å². The molecule has 3 nitrogen and oxygen atoms in total. The van der Waals surface area contributed by atoms with Gasteiger partial charge < -0.3 is 4.74 Å². The predicted octanol–water partition coefficient (Wildman–Crippen LogP) is 1.25. The molecule has 0 spiro atoms. The first-order chi connectivity index (χ1) is 3.85. The van der Waals surface area contributed by atoms with Crippen molar-refractivity contribution < 1.29 is 14.9 Å². The predicted molar refractivity (Wildman–Crippen MR) is 29.4 cm³/mol. The first kappa shape index (κ1) is 7.88. The van der Waals surface area contributed by atoms with Crippen LogP contribution in [0.25, 0.3) is 0 Å². The molecular formula is C5H12O3. The Balaban J connectivity index is 3.07. The molecule has 1 N–H and O–H groups in total. The molecule has 0 aromatic rings. The van der Waals surface area contributed by atoms with Gasteiger partial charge in [0.15, 0.2) is 6.29 Å². The zero-order chi connectivity index (χ0) is 6.41. The quantitative estimate of drug-likeness (QED) is 0.344. The second kappa shape index (κ2) is 5.03. The monoisotopic (exact) mass is 120 g/mol. The topological polar surface area (TPSA) is 38.7 Å². The molecular weight excluding hydrogens is 108 g/mol. The molecule has 50 valence electrons. The van der Waals surface area contributed by atoms with Gasteiger partial charge in [-0.05, 0) is 0 Å². The third-order valence-corrected chi connectivity index (χ3v) is 0.905. The van der Waals surface area contributed by atoms with E-state index >= 15 is 0 Å². The Morgan fingerprint density at radius 1 is 1.62 bits per heavy atom. The maximum Gasteiger partial charge on any atom is 0.190 e. The highest BCUT2D eigenvalue weighted by Crippen LogP contribution is 1.99. The summed E-state index contributed by atoms with van der Waals surface area (Å²) in [6.45, 7) is 1.99. The van der Waals surface area contributed by atoms with Gasteiger partial charge in [-0.25, -0.2) is 10.1 Å². The molecule has 3 heteroatoms. The normalized spacial score (nSPS) is 13.9. The van der Waals surface area contributed by atoms with Gasteiger partial charge in [0.1, 0.15) is 0 Å². The first-order valence-electron chi connectivity index (χ1n) is 2.68. The number of hydrogen-bond acceptors (Lipinski definition) is 3. The summed E-state index contributed by atoms with van der Waals surface area (Å²) in [7, 11) is 1.50. The van der Waals surface area contributed by atoms with E-state index in [0.29, 0.717) is 0 Å². The molecule has 0 saturated heterocycles. The van der Waals surface area contributed by atoms with E-state index in [-0.39, 0.29) is 0 Å². The molecule has 0 aliphatic rings. The maximum atomic E-state index is 8.03. The van der Waals surface area contributed by atoms with Crippen LogP contribution >= 0.6 is 0 Å². The lowest BCUT2D eigenvalue weighted by atomic mass is 10.3. The van der Waals surface area contributed by atoms with Gasteiger partial charge in [-0.3, -0.25) is 0 Å². The van der Waals surface area contributed by atoms with Gasteiger partial charge in [-0.2, -0.15) is 0 Å². The van der Waals surface area contributed by atoms with Crippen molar-refractivity contribution in [2.45, 2.75) is 26.1 Å². The van der Waals surface area contributed by atoms with E-state index < -0.39 is 6.29 Å². The van der Waals surface area contributed by atoms with Gasteiger partial charge >= 0.3 is 0 Å². The van der Waals surface area contributed by atoms with Crippen LogP contribution < -0.4 is 0 Å². The van der Waals surface area contributed by atoms with Crippen LogP contribution in [0.1, 0.15) is 19.8 Å². The Hall–Kier alpha value is -0.120. The summed E-state index contributed by atoms with van der Waals surface area (Å²) in [5.41, 5.74) is 0. The summed E-state index contributed by atoms with van der Waals surface area (Å²) >= 11 is 0. The van der Waals surface area contributed by atoms with Crippen LogP contribution in [0, 0.1) is 0 Å². The van der Waals surface area contributed by atoms with E-state index in [9.17, 15) is 0 Å². The SMILES string of the molecule is CCC[C@H](OC)OO. The van der Waals surface area contributed by atoms with E-state index in [2.05, 4.69) is 9.62 Å². The first-order valence-corrected chi connectivity index (χ1v) is 2.68. The smallest absolute Gasteiger partial charge is 0.190 e. The summed E-state index contributed by atoms with van der Waals surface area (Å²) in [6, 6.07) is 0. The van der Waals surface area contributed by atoms with Crippen LogP contribution in [0.2, 0.25) is 0 Å². The summed E-state index contributed by atoms with van der Waals surface area (Å²) in [6.07, 6.45) is 1.23. The van der Waals surface area contributed by atoms with Crippen LogP contribution in [-0.2, 0) is 9.62 Å². The molecule has 0 aliphatic heterocycles. The third-order valence-electron chi connectivity index (χ3n) is 0.905. The van der Waals surface area contributed by atoms with E-state index in [1.807, 2.05) is 6.92 Å². The Labute approximate surface area is 49.1 Å². The van der Waals surface area contributed by atoms with Gasteiger partial charge in [0.2, 0.25) is 0 Å². The van der Waals surface area contributed by atoms with Crippen molar-refractivity contribution in [2.24, 2.45) is 0 Å². The highest BCUT2D eigenvalue weighted by molar-refractivity contribution is 4.36. The summed E-state index contributed by atoms with van der Waals surface area (Å²) in [5, 5.41) is 8.03. The molecule has 0 unspecified atom stereocenters. The van der Waals surface area contributed by atoms with Crippen LogP contribution in [0.3, 0.4) is 0 Å². The van der Waals surface area contributed by atoms with Crippen molar-refractivity contribution in [1.29, 1.82) is 0 Å². The number of ether oxygens (including phenoxy) is 1. The number of methoxy groups -OCH3 is 1. The minimum atomic E-state index is -0.444. The molecule has 0 rings (SSSR count). The standard InChI is InChI=1S/C5H12O3/c1-3-4-5(7-2)8-6/h5-6H,3-4H2,1-2H3/t5-/m1/s1. The zero-order valence-electron chi connectivity index (χ0n) is 5.26. The highest BCUT2D eigenvalue weighted by atomic mass is 17.1. The summed E-state index contributed by atoms with van der Waals surface area (Å²) in [4.78, 5) is 3.92. The fraction of sp³-hybridized carbons (Fsp3) is 1.00. The van der Waals surface area contributed by atoms with Crippen LogP contribution in [0.4, 0.5) is 0 Å². The molecule has 8 heavy (non-hydrogen) atoms. The van der Waals surface area contributed by atoms with Gasteiger partial charge in [-0.1, -0.05) is 13.3 Å². The van der Waals surface area contributed by atoms with Gasteiger partial charge in [0.25, 0.3) is 0 Å². The third kappa shape index (κ3) is 2.96. The lowest BCUT2D eigenvalue weighted by molar-refractivity contribution is -0.341.